The van der Waals surface area contributed by atoms with E-state index in [1.165, 1.54) is 30.4 Å². The van der Waals surface area contributed by atoms with Crippen molar-refractivity contribution in [2.24, 2.45) is 0 Å². The van der Waals surface area contributed by atoms with Crippen LogP contribution in [0.1, 0.15) is 43.2 Å². The quantitative estimate of drug-likeness (QED) is 0.885. The average Bonchev–Trinajstić information content (AvgIpc) is 2.79. The Hall–Kier alpha value is -0.900. The van der Waals surface area contributed by atoms with Crippen LogP contribution in [0.3, 0.4) is 0 Å². The number of hydrogen-bond donors (Lipinski definition) is 2. The summed E-state index contributed by atoms with van der Waals surface area (Å²) >= 11 is 0. The van der Waals surface area contributed by atoms with Crippen LogP contribution in [0.5, 0.6) is 0 Å². The molecule has 0 amide bonds. The molecule has 1 heterocycles. The molecule has 110 valence electrons. The van der Waals surface area contributed by atoms with Crippen molar-refractivity contribution in [3.8, 4) is 0 Å². The number of rotatable bonds is 4. The summed E-state index contributed by atoms with van der Waals surface area (Å²) < 4.78 is 5.48. The second-order valence-electron chi connectivity index (χ2n) is 6.29. The molecule has 0 aromatic heterocycles. The molecule has 0 radical (unpaired) electrons. The summed E-state index contributed by atoms with van der Waals surface area (Å²) in [5.74, 6) is 0.584. The first-order valence-electron chi connectivity index (χ1n) is 7.81. The molecule has 1 aromatic carbocycles. The van der Waals surface area contributed by atoms with Gasteiger partial charge in [-0.05, 0) is 43.2 Å². The van der Waals surface area contributed by atoms with Crippen molar-refractivity contribution in [3.05, 3.63) is 35.4 Å². The maximum Gasteiger partial charge on any atom is 0.105 e. The molecule has 1 aliphatic carbocycles. The molecule has 1 fully saturated rings. The van der Waals surface area contributed by atoms with Crippen LogP contribution in [-0.2, 0) is 11.2 Å². The lowest BCUT2D eigenvalue weighted by Crippen LogP contribution is -2.46. The van der Waals surface area contributed by atoms with Gasteiger partial charge in [-0.2, -0.15) is 0 Å². The van der Waals surface area contributed by atoms with Crippen molar-refractivity contribution in [3.63, 3.8) is 0 Å². The maximum atomic E-state index is 10.5. The van der Waals surface area contributed by atoms with Gasteiger partial charge >= 0.3 is 0 Å². The summed E-state index contributed by atoms with van der Waals surface area (Å²) in [6.45, 7) is 4.22. The van der Waals surface area contributed by atoms with E-state index >= 15 is 0 Å². The molecule has 1 aliphatic heterocycles. The molecule has 3 rings (SSSR count). The average molecular weight is 275 g/mol. The van der Waals surface area contributed by atoms with E-state index in [-0.39, 0.29) is 6.10 Å². The predicted octanol–water partition coefficient (Wildman–Crippen LogP) is 2.24. The summed E-state index contributed by atoms with van der Waals surface area (Å²) in [5, 5.41) is 14.0. The molecule has 0 spiro atoms. The fourth-order valence-corrected chi connectivity index (χ4v) is 3.53. The van der Waals surface area contributed by atoms with Crippen molar-refractivity contribution in [2.45, 2.75) is 50.2 Å². The van der Waals surface area contributed by atoms with Gasteiger partial charge in [0.2, 0.25) is 0 Å². The Morgan fingerprint density at radius 1 is 1.40 bits per heavy atom. The smallest absolute Gasteiger partial charge is 0.105 e. The number of benzene rings is 1. The highest BCUT2D eigenvalue weighted by molar-refractivity contribution is 5.32. The SMILES string of the molecule is CC1OCCC1(O)CNCC1CCCc2ccccc21. The van der Waals surface area contributed by atoms with E-state index in [2.05, 4.69) is 29.6 Å². The molecule has 3 heteroatoms. The van der Waals surface area contributed by atoms with E-state index in [0.29, 0.717) is 19.1 Å². The van der Waals surface area contributed by atoms with E-state index in [4.69, 9.17) is 4.74 Å². The monoisotopic (exact) mass is 275 g/mol. The lowest BCUT2D eigenvalue weighted by molar-refractivity contribution is -0.0262. The number of hydrogen-bond acceptors (Lipinski definition) is 3. The van der Waals surface area contributed by atoms with Gasteiger partial charge in [-0.25, -0.2) is 0 Å². The van der Waals surface area contributed by atoms with Gasteiger partial charge in [0.05, 0.1) is 6.10 Å². The van der Waals surface area contributed by atoms with Gasteiger partial charge in [-0.3, -0.25) is 0 Å². The zero-order valence-corrected chi connectivity index (χ0v) is 12.3. The van der Waals surface area contributed by atoms with Gasteiger partial charge < -0.3 is 15.2 Å². The molecule has 1 aromatic rings. The molecule has 3 nitrogen and oxygen atoms in total. The third-order valence-electron chi connectivity index (χ3n) is 4.98. The normalized spacial score (nSPS) is 33.1. The van der Waals surface area contributed by atoms with Crippen LogP contribution in [0.4, 0.5) is 0 Å². The topological polar surface area (TPSA) is 41.5 Å². The number of aryl methyl sites for hydroxylation is 1. The molecule has 3 unspecified atom stereocenters. The summed E-state index contributed by atoms with van der Waals surface area (Å²) in [6.07, 6.45) is 4.40. The van der Waals surface area contributed by atoms with Gasteiger partial charge in [0.25, 0.3) is 0 Å². The molecule has 0 saturated carbocycles. The zero-order valence-electron chi connectivity index (χ0n) is 12.3. The molecule has 0 bridgehead atoms. The first-order valence-corrected chi connectivity index (χ1v) is 7.81. The highest BCUT2D eigenvalue weighted by Gasteiger charge is 2.39. The van der Waals surface area contributed by atoms with Crippen LogP contribution in [0.15, 0.2) is 24.3 Å². The highest BCUT2D eigenvalue weighted by Crippen LogP contribution is 2.31. The van der Waals surface area contributed by atoms with Crippen LogP contribution in [0, 0.1) is 0 Å². The van der Waals surface area contributed by atoms with Crippen molar-refractivity contribution in [2.75, 3.05) is 19.7 Å². The lowest BCUT2D eigenvalue weighted by Gasteiger charge is -2.29. The van der Waals surface area contributed by atoms with Crippen LogP contribution in [0.25, 0.3) is 0 Å². The van der Waals surface area contributed by atoms with Gasteiger partial charge in [0, 0.05) is 26.1 Å². The Bertz CT molecular complexity index is 462. The largest absolute Gasteiger partial charge is 0.386 e. The van der Waals surface area contributed by atoms with Crippen LogP contribution in [-0.4, -0.2) is 36.5 Å². The van der Waals surface area contributed by atoms with Crippen molar-refractivity contribution in [1.29, 1.82) is 0 Å². The first-order chi connectivity index (χ1) is 9.69. The van der Waals surface area contributed by atoms with Gasteiger partial charge in [0.15, 0.2) is 0 Å². The molecule has 1 saturated heterocycles. The molecule has 2 aliphatic rings. The Morgan fingerprint density at radius 3 is 3.05 bits per heavy atom. The van der Waals surface area contributed by atoms with Crippen LogP contribution in [0.2, 0.25) is 0 Å². The molecule has 3 atom stereocenters. The summed E-state index contributed by atoms with van der Waals surface area (Å²) in [4.78, 5) is 0. The third kappa shape index (κ3) is 2.76. The van der Waals surface area contributed by atoms with Crippen molar-refractivity contribution >= 4 is 0 Å². The van der Waals surface area contributed by atoms with Crippen LogP contribution >= 0.6 is 0 Å². The highest BCUT2D eigenvalue weighted by atomic mass is 16.5. The van der Waals surface area contributed by atoms with E-state index < -0.39 is 5.60 Å². The number of fused-ring (bicyclic) bond motifs is 1. The minimum atomic E-state index is -0.686. The molecular weight excluding hydrogens is 250 g/mol. The first kappa shape index (κ1) is 14.1. The molecular formula is C17H25NO2. The van der Waals surface area contributed by atoms with Gasteiger partial charge in [0.1, 0.15) is 5.60 Å². The Labute approximate surface area is 121 Å². The van der Waals surface area contributed by atoms with Gasteiger partial charge in [-0.1, -0.05) is 24.3 Å². The molecule has 2 N–H and O–H groups in total. The van der Waals surface area contributed by atoms with Crippen molar-refractivity contribution in [1.82, 2.24) is 5.32 Å². The van der Waals surface area contributed by atoms with E-state index in [1.54, 1.807) is 0 Å². The second-order valence-corrected chi connectivity index (χ2v) is 6.29. The fourth-order valence-electron chi connectivity index (χ4n) is 3.53. The zero-order chi connectivity index (χ0) is 14.0. The van der Waals surface area contributed by atoms with Gasteiger partial charge in [-0.15, -0.1) is 0 Å². The summed E-state index contributed by atoms with van der Waals surface area (Å²) in [6, 6.07) is 8.78. The molecule has 20 heavy (non-hydrogen) atoms. The lowest BCUT2D eigenvalue weighted by atomic mass is 9.82. The van der Waals surface area contributed by atoms with E-state index in [9.17, 15) is 5.11 Å². The predicted molar refractivity (Wildman–Crippen MR) is 80.0 cm³/mol. The van der Waals surface area contributed by atoms with E-state index in [0.717, 1.165) is 13.0 Å². The number of ether oxygens (including phenoxy) is 1. The number of nitrogens with one attached hydrogen (secondary N) is 1. The maximum absolute atomic E-state index is 10.5. The Balaban J connectivity index is 1.57. The standard InChI is InChI=1S/C17H25NO2/c1-13-17(19,9-10-20-13)12-18-11-15-7-4-6-14-5-2-3-8-16(14)15/h2-3,5,8,13,15,18-19H,4,6-7,9-12H2,1H3. The summed E-state index contributed by atoms with van der Waals surface area (Å²) in [7, 11) is 0. The fraction of sp³-hybridized carbons (Fsp3) is 0.647. The van der Waals surface area contributed by atoms with Crippen molar-refractivity contribution < 1.29 is 9.84 Å². The van der Waals surface area contributed by atoms with Crippen LogP contribution < -0.4 is 5.32 Å². The Morgan fingerprint density at radius 2 is 2.25 bits per heavy atom. The Kier molecular flexibility index (Phi) is 4.11. The summed E-state index contributed by atoms with van der Waals surface area (Å²) in [5.41, 5.74) is 2.31. The number of aliphatic hydroxyl groups is 1. The second kappa shape index (κ2) is 5.84. The minimum Gasteiger partial charge on any atom is -0.386 e. The van der Waals surface area contributed by atoms with E-state index in [1.807, 2.05) is 6.92 Å². The third-order valence-corrected chi connectivity index (χ3v) is 4.98. The minimum absolute atomic E-state index is 0.0614.